The first-order chi connectivity index (χ1) is 12.1. The van der Waals surface area contributed by atoms with Gasteiger partial charge in [0.1, 0.15) is 0 Å². The molecule has 0 N–H and O–H groups in total. The van der Waals surface area contributed by atoms with E-state index < -0.39 is 6.10 Å². The molecule has 1 heterocycles. The van der Waals surface area contributed by atoms with Gasteiger partial charge in [-0.3, -0.25) is 9.59 Å². The van der Waals surface area contributed by atoms with Crippen LogP contribution in [0.1, 0.15) is 51.0 Å². The second-order valence-corrected chi connectivity index (χ2v) is 7.99. The standard InChI is InChI=1S/C21H27NO3/c1-14(25-20(23)13-18-12-15-8-9-17(18)11-15)21(24)22-10-4-6-16-5-2-3-7-19(16)22/h2-3,5,7,14-15,17-18H,4,6,8-13H2,1H3. The first-order valence-corrected chi connectivity index (χ1v) is 9.70. The summed E-state index contributed by atoms with van der Waals surface area (Å²) in [5, 5.41) is 0. The van der Waals surface area contributed by atoms with Crippen molar-refractivity contribution in [3.05, 3.63) is 29.8 Å². The molecule has 1 aromatic carbocycles. The number of nitrogens with zero attached hydrogens (tertiary/aromatic N) is 1. The van der Waals surface area contributed by atoms with Gasteiger partial charge in [0.25, 0.3) is 5.91 Å². The molecule has 0 radical (unpaired) electrons. The molecule has 0 aromatic heterocycles. The number of carbonyl (C=O) groups is 2. The number of fused-ring (bicyclic) bond motifs is 3. The first kappa shape index (κ1) is 16.6. The lowest BCUT2D eigenvalue weighted by atomic mass is 9.86. The van der Waals surface area contributed by atoms with Crippen LogP contribution in [0.25, 0.3) is 0 Å². The molecule has 0 saturated heterocycles. The van der Waals surface area contributed by atoms with Gasteiger partial charge in [0.05, 0.1) is 0 Å². The Morgan fingerprint density at radius 1 is 1.24 bits per heavy atom. The van der Waals surface area contributed by atoms with Gasteiger partial charge in [-0.15, -0.1) is 0 Å². The minimum atomic E-state index is -0.711. The van der Waals surface area contributed by atoms with Crippen LogP contribution in [-0.2, 0) is 20.7 Å². The van der Waals surface area contributed by atoms with Crippen LogP contribution in [-0.4, -0.2) is 24.5 Å². The lowest BCUT2D eigenvalue weighted by Gasteiger charge is -2.31. The van der Waals surface area contributed by atoms with Gasteiger partial charge in [-0.05, 0) is 68.4 Å². The summed E-state index contributed by atoms with van der Waals surface area (Å²) in [5.74, 6) is 1.70. The maximum atomic E-state index is 12.8. The molecule has 2 saturated carbocycles. The van der Waals surface area contributed by atoms with E-state index in [1.807, 2.05) is 18.2 Å². The second-order valence-electron chi connectivity index (χ2n) is 7.99. The van der Waals surface area contributed by atoms with Crippen molar-refractivity contribution in [1.29, 1.82) is 0 Å². The summed E-state index contributed by atoms with van der Waals surface area (Å²) in [6.45, 7) is 2.41. The van der Waals surface area contributed by atoms with E-state index in [2.05, 4.69) is 6.07 Å². The van der Waals surface area contributed by atoms with Crippen LogP contribution in [0.15, 0.2) is 24.3 Å². The molecule has 3 aliphatic rings. The van der Waals surface area contributed by atoms with Crippen molar-refractivity contribution in [2.24, 2.45) is 17.8 Å². The van der Waals surface area contributed by atoms with E-state index in [-0.39, 0.29) is 11.9 Å². The van der Waals surface area contributed by atoms with Crippen LogP contribution in [0, 0.1) is 17.8 Å². The normalized spacial score (nSPS) is 28.5. The van der Waals surface area contributed by atoms with Gasteiger partial charge in [0.15, 0.2) is 6.10 Å². The molecule has 25 heavy (non-hydrogen) atoms. The lowest BCUT2D eigenvalue weighted by Crippen LogP contribution is -2.43. The zero-order valence-electron chi connectivity index (χ0n) is 14.9. The molecule has 1 aromatic rings. The van der Waals surface area contributed by atoms with E-state index in [1.165, 1.54) is 31.2 Å². The number of hydrogen-bond acceptors (Lipinski definition) is 3. The highest BCUT2D eigenvalue weighted by molar-refractivity contribution is 5.98. The topological polar surface area (TPSA) is 46.6 Å². The highest BCUT2D eigenvalue weighted by Gasteiger charge is 2.40. The Morgan fingerprint density at radius 3 is 2.84 bits per heavy atom. The summed E-state index contributed by atoms with van der Waals surface area (Å²) < 4.78 is 5.52. The SMILES string of the molecule is CC(OC(=O)CC1CC2CCC1C2)C(=O)N1CCCc2ccccc21. The predicted molar refractivity (Wildman–Crippen MR) is 96.2 cm³/mol. The third-order valence-electron chi connectivity index (χ3n) is 6.35. The Balaban J connectivity index is 1.35. The predicted octanol–water partition coefficient (Wildman–Crippen LogP) is 3.72. The molecular formula is C21H27NO3. The maximum Gasteiger partial charge on any atom is 0.306 e. The molecule has 1 aliphatic heterocycles. The van der Waals surface area contributed by atoms with Gasteiger partial charge in [-0.2, -0.15) is 0 Å². The van der Waals surface area contributed by atoms with E-state index in [0.717, 1.165) is 24.4 Å². The fourth-order valence-electron chi connectivity index (χ4n) is 5.12. The summed E-state index contributed by atoms with van der Waals surface area (Å²) in [4.78, 5) is 26.9. The largest absolute Gasteiger partial charge is 0.453 e. The molecule has 4 rings (SSSR count). The molecule has 4 nitrogen and oxygen atoms in total. The first-order valence-electron chi connectivity index (χ1n) is 9.70. The van der Waals surface area contributed by atoms with Crippen LogP contribution in [0.5, 0.6) is 0 Å². The van der Waals surface area contributed by atoms with Crippen molar-refractivity contribution in [2.45, 2.75) is 58.0 Å². The average Bonchev–Trinajstić information content (AvgIpc) is 3.23. The van der Waals surface area contributed by atoms with Crippen molar-refractivity contribution in [2.75, 3.05) is 11.4 Å². The number of aryl methyl sites for hydroxylation is 1. The second kappa shape index (κ2) is 6.81. The fourth-order valence-corrected chi connectivity index (χ4v) is 5.12. The Labute approximate surface area is 149 Å². The summed E-state index contributed by atoms with van der Waals surface area (Å²) in [6, 6.07) is 8.01. The molecule has 1 amide bonds. The van der Waals surface area contributed by atoms with Crippen molar-refractivity contribution in [3.8, 4) is 0 Å². The van der Waals surface area contributed by atoms with Crippen molar-refractivity contribution in [1.82, 2.24) is 0 Å². The third kappa shape index (κ3) is 3.31. The number of hydrogen-bond donors (Lipinski definition) is 0. The summed E-state index contributed by atoms with van der Waals surface area (Å²) >= 11 is 0. The van der Waals surface area contributed by atoms with E-state index in [4.69, 9.17) is 4.74 Å². The average molecular weight is 341 g/mol. The number of esters is 1. The molecule has 2 bridgehead atoms. The summed E-state index contributed by atoms with van der Waals surface area (Å²) in [5.41, 5.74) is 2.16. The van der Waals surface area contributed by atoms with Gasteiger partial charge in [-0.25, -0.2) is 0 Å². The van der Waals surface area contributed by atoms with Crippen LogP contribution in [0.3, 0.4) is 0 Å². The number of carbonyl (C=O) groups excluding carboxylic acids is 2. The molecular weight excluding hydrogens is 314 g/mol. The van der Waals surface area contributed by atoms with Crippen LogP contribution < -0.4 is 4.90 Å². The monoisotopic (exact) mass is 341 g/mol. The Bertz CT molecular complexity index is 671. The number of amides is 1. The number of benzene rings is 1. The van der Waals surface area contributed by atoms with E-state index >= 15 is 0 Å². The molecule has 134 valence electrons. The highest BCUT2D eigenvalue weighted by atomic mass is 16.5. The number of para-hydroxylation sites is 1. The van der Waals surface area contributed by atoms with Crippen LogP contribution in [0.2, 0.25) is 0 Å². The van der Waals surface area contributed by atoms with Gasteiger partial charge in [0, 0.05) is 18.7 Å². The van der Waals surface area contributed by atoms with Gasteiger partial charge in [0.2, 0.25) is 0 Å². The van der Waals surface area contributed by atoms with Gasteiger partial charge in [-0.1, -0.05) is 24.6 Å². The lowest BCUT2D eigenvalue weighted by molar-refractivity contribution is -0.155. The Kier molecular flexibility index (Phi) is 4.53. The van der Waals surface area contributed by atoms with Gasteiger partial charge < -0.3 is 9.64 Å². The van der Waals surface area contributed by atoms with E-state index in [9.17, 15) is 9.59 Å². The fraction of sp³-hybridized carbons (Fsp3) is 0.619. The smallest absolute Gasteiger partial charge is 0.306 e. The molecule has 0 spiro atoms. The third-order valence-corrected chi connectivity index (χ3v) is 6.35. The summed E-state index contributed by atoms with van der Waals surface area (Å²) in [6.07, 6.45) is 6.78. The van der Waals surface area contributed by atoms with Crippen molar-refractivity contribution in [3.63, 3.8) is 0 Å². The van der Waals surface area contributed by atoms with Crippen molar-refractivity contribution < 1.29 is 14.3 Å². The number of rotatable bonds is 4. The minimum Gasteiger partial charge on any atom is -0.453 e. The Morgan fingerprint density at radius 2 is 2.08 bits per heavy atom. The van der Waals surface area contributed by atoms with Crippen molar-refractivity contribution >= 4 is 17.6 Å². The zero-order valence-corrected chi connectivity index (χ0v) is 14.9. The quantitative estimate of drug-likeness (QED) is 0.784. The van der Waals surface area contributed by atoms with Crippen LogP contribution in [0.4, 0.5) is 5.69 Å². The molecule has 4 atom stereocenters. The molecule has 2 fully saturated rings. The minimum absolute atomic E-state index is 0.103. The number of ether oxygens (including phenoxy) is 1. The van der Waals surface area contributed by atoms with Crippen LogP contribution >= 0.6 is 0 Å². The number of anilines is 1. The van der Waals surface area contributed by atoms with E-state index in [0.29, 0.717) is 24.8 Å². The molecule has 4 unspecified atom stereocenters. The molecule has 4 heteroatoms. The van der Waals surface area contributed by atoms with E-state index in [1.54, 1.807) is 11.8 Å². The molecule has 2 aliphatic carbocycles. The van der Waals surface area contributed by atoms with Gasteiger partial charge >= 0.3 is 5.97 Å². The summed E-state index contributed by atoms with van der Waals surface area (Å²) in [7, 11) is 0. The Hall–Kier alpha value is -1.84. The highest BCUT2D eigenvalue weighted by Crippen LogP contribution is 2.49. The zero-order chi connectivity index (χ0) is 17.4. The maximum absolute atomic E-state index is 12.8.